The van der Waals surface area contributed by atoms with Crippen LogP contribution in [0.1, 0.15) is 37.4 Å². The number of benzene rings is 1. The first-order valence-corrected chi connectivity index (χ1v) is 8.39. The lowest BCUT2D eigenvalue weighted by Gasteiger charge is -2.09. The molecule has 130 valence electrons. The largest absolute Gasteiger partial charge is 0.481 e. The van der Waals surface area contributed by atoms with Crippen molar-refractivity contribution in [2.24, 2.45) is 0 Å². The number of carbonyl (C=O) groups is 1. The van der Waals surface area contributed by atoms with Crippen molar-refractivity contribution in [1.29, 1.82) is 0 Å². The van der Waals surface area contributed by atoms with Gasteiger partial charge in [-0.3, -0.25) is 4.79 Å². The highest BCUT2D eigenvalue weighted by atomic mass is 16.4. The molecule has 0 spiro atoms. The number of anilines is 1. The Labute approximate surface area is 146 Å². The molecule has 0 aliphatic heterocycles. The zero-order valence-corrected chi connectivity index (χ0v) is 14.4. The van der Waals surface area contributed by atoms with Crippen LogP contribution >= 0.6 is 0 Å². The van der Waals surface area contributed by atoms with E-state index in [-0.39, 0.29) is 12.5 Å². The quantitative estimate of drug-likeness (QED) is 0.687. The van der Waals surface area contributed by atoms with Crippen LogP contribution in [-0.4, -0.2) is 25.8 Å². The predicted molar refractivity (Wildman–Crippen MR) is 97.6 cm³/mol. The molecule has 3 rings (SSSR count). The topological polar surface area (TPSA) is 80.0 Å². The molecule has 0 radical (unpaired) electrons. The SMILES string of the molecule is CC(C)n1ncc2cc(CNc3cccc(CCC(=O)O)c3)cnc21. The van der Waals surface area contributed by atoms with Gasteiger partial charge in [-0.15, -0.1) is 0 Å². The number of carboxylic acids is 1. The summed E-state index contributed by atoms with van der Waals surface area (Å²) in [5.74, 6) is -0.778. The summed E-state index contributed by atoms with van der Waals surface area (Å²) in [6, 6.07) is 10.2. The second kappa shape index (κ2) is 7.34. The molecule has 2 aromatic heterocycles. The molecule has 0 bridgehead atoms. The number of fused-ring (bicyclic) bond motifs is 1. The number of carboxylic acid groups (broad SMARTS) is 1. The van der Waals surface area contributed by atoms with Crippen LogP contribution in [0.4, 0.5) is 5.69 Å². The molecule has 6 nitrogen and oxygen atoms in total. The number of nitrogens with zero attached hydrogens (tertiary/aromatic N) is 3. The third kappa shape index (κ3) is 4.15. The second-order valence-corrected chi connectivity index (χ2v) is 6.39. The van der Waals surface area contributed by atoms with Crippen LogP contribution in [0, 0.1) is 0 Å². The van der Waals surface area contributed by atoms with Crippen molar-refractivity contribution in [2.45, 2.75) is 39.3 Å². The molecule has 2 heterocycles. The monoisotopic (exact) mass is 338 g/mol. The molecule has 2 N–H and O–H groups in total. The Kier molecular flexibility index (Phi) is 4.97. The van der Waals surface area contributed by atoms with Crippen LogP contribution in [0.15, 0.2) is 42.7 Å². The molecule has 0 saturated heterocycles. The van der Waals surface area contributed by atoms with Crippen LogP contribution in [0.25, 0.3) is 11.0 Å². The van der Waals surface area contributed by atoms with E-state index < -0.39 is 5.97 Å². The van der Waals surface area contributed by atoms with Gasteiger partial charge in [-0.2, -0.15) is 5.10 Å². The summed E-state index contributed by atoms with van der Waals surface area (Å²) in [5, 5.41) is 17.6. The van der Waals surface area contributed by atoms with Gasteiger partial charge in [0.25, 0.3) is 0 Å². The number of aryl methyl sites for hydroxylation is 1. The van der Waals surface area contributed by atoms with E-state index in [1.165, 1.54) is 0 Å². The summed E-state index contributed by atoms with van der Waals surface area (Å²) in [4.78, 5) is 15.2. The Bertz CT molecular complexity index is 886. The number of aromatic nitrogens is 3. The van der Waals surface area contributed by atoms with Crippen LogP contribution in [-0.2, 0) is 17.8 Å². The third-order valence-corrected chi connectivity index (χ3v) is 4.03. The molecule has 1 aromatic carbocycles. The fourth-order valence-electron chi connectivity index (χ4n) is 2.75. The normalized spacial score (nSPS) is 11.2. The van der Waals surface area contributed by atoms with E-state index in [9.17, 15) is 4.79 Å². The molecule has 3 aromatic rings. The highest BCUT2D eigenvalue weighted by molar-refractivity contribution is 5.75. The molecular formula is C19H22N4O2. The molecule has 0 unspecified atom stereocenters. The number of hydrogen-bond acceptors (Lipinski definition) is 4. The van der Waals surface area contributed by atoms with Gasteiger partial charge in [0, 0.05) is 36.3 Å². The van der Waals surface area contributed by atoms with E-state index >= 15 is 0 Å². The summed E-state index contributed by atoms with van der Waals surface area (Å²) in [7, 11) is 0. The number of nitrogens with one attached hydrogen (secondary N) is 1. The predicted octanol–water partition coefficient (Wildman–Crippen LogP) is 3.64. The summed E-state index contributed by atoms with van der Waals surface area (Å²) < 4.78 is 1.92. The number of pyridine rings is 1. The second-order valence-electron chi connectivity index (χ2n) is 6.39. The molecular weight excluding hydrogens is 316 g/mol. The maximum absolute atomic E-state index is 10.7. The molecule has 0 amide bonds. The van der Waals surface area contributed by atoms with Crippen LogP contribution in [0.2, 0.25) is 0 Å². The van der Waals surface area contributed by atoms with E-state index in [0.29, 0.717) is 13.0 Å². The van der Waals surface area contributed by atoms with Crippen LogP contribution in [0.5, 0.6) is 0 Å². The highest BCUT2D eigenvalue weighted by Gasteiger charge is 2.08. The molecule has 0 atom stereocenters. The first-order valence-electron chi connectivity index (χ1n) is 8.39. The average molecular weight is 338 g/mol. The first kappa shape index (κ1) is 17.0. The molecule has 0 saturated carbocycles. The summed E-state index contributed by atoms with van der Waals surface area (Å²) in [6.45, 7) is 4.82. The lowest BCUT2D eigenvalue weighted by molar-refractivity contribution is -0.136. The van der Waals surface area contributed by atoms with Gasteiger partial charge in [-0.25, -0.2) is 9.67 Å². The Balaban J connectivity index is 1.68. The minimum absolute atomic E-state index is 0.143. The van der Waals surface area contributed by atoms with Gasteiger partial charge in [-0.1, -0.05) is 12.1 Å². The van der Waals surface area contributed by atoms with Crippen molar-refractivity contribution in [2.75, 3.05) is 5.32 Å². The number of rotatable bonds is 7. The van der Waals surface area contributed by atoms with Crippen molar-refractivity contribution >= 4 is 22.7 Å². The fourth-order valence-corrected chi connectivity index (χ4v) is 2.75. The van der Waals surface area contributed by atoms with Crippen molar-refractivity contribution in [1.82, 2.24) is 14.8 Å². The fraction of sp³-hybridized carbons (Fsp3) is 0.316. The van der Waals surface area contributed by atoms with Gasteiger partial charge >= 0.3 is 5.97 Å². The molecule has 0 aliphatic rings. The summed E-state index contributed by atoms with van der Waals surface area (Å²) in [6.07, 6.45) is 4.39. The molecule has 6 heteroatoms. The van der Waals surface area contributed by atoms with Crippen molar-refractivity contribution in [3.8, 4) is 0 Å². The smallest absolute Gasteiger partial charge is 0.303 e. The van der Waals surface area contributed by atoms with Crippen molar-refractivity contribution in [3.63, 3.8) is 0 Å². The standard InChI is InChI=1S/C19H22N4O2/c1-13(2)23-19-16(12-22-23)8-15(11-21-19)10-20-17-5-3-4-14(9-17)6-7-18(24)25/h3-5,8-9,11-13,20H,6-7,10H2,1-2H3,(H,24,25). The zero-order chi connectivity index (χ0) is 17.8. The maximum atomic E-state index is 10.7. The third-order valence-electron chi connectivity index (χ3n) is 4.03. The Morgan fingerprint density at radius 2 is 2.08 bits per heavy atom. The lowest BCUT2D eigenvalue weighted by Crippen LogP contribution is -2.04. The van der Waals surface area contributed by atoms with Gasteiger partial charge in [0.2, 0.25) is 0 Å². The van der Waals surface area contributed by atoms with E-state index in [1.807, 2.05) is 41.3 Å². The number of hydrogen-bond donors (Lipinski definition) is 2. The Hall–Kier alpha value is -2.89. The van der Waals surface area contributed by atoms with Gasteiger partial charge in [0.1, 0.15) is 0 Å². The van der Waals surface area contributed by atoms with E-state index in [0.717, 1.165) is 27.8 Å². The van der Waals surface area contributed by atoms with Crippen molar-refractivity contribution in [3.05, 3.63) is 53.9 Å². The minimum atomic E-state index is -0.778. The van der Waals surface area contributed by atoms with Crippen LogP contribution in [0.3, 0.4) is 0 Å². The van der Waals surface area contributed by atoms with Crippen molar-refractivity contribution < 1.29 is 9.90 Å². The highest BCUT2D eigenvalue weighted by Crippen LogP contribution is 2.18. The first-order chi connectivity index (χ1) is 12.0. The maximum Gasteiger partial charge on any atom is 0.303 e. The Morgan fingerprint density at radius 3 is 2.84 bits per heavy atom. The number of aliphatic carboxylic acids is 1. The Morgan fingerprint density at radius 1 is 1.24 bits per heavy atom. The van der Waals surface area contributed by atoms with E-state index in [1.54, 1.807) is 0 Å². The van der Waals surface area contributed by atoms with Crippen LogP contribution < -0.4 is 5.32 Å². The van der Waals surface area contributed by atoms with Gasteiger partial charge < -0.3 is 10.4 Å². The summed E-state index contributed by atoms with van der Waals surface area (Å²) >= 11 is 0. The van der Waals surface area contributed by atoms with Gasteiger partial charge in [0.15, 0.2) is 5.65 Å². The van der Waals surface area contributed by atoms with Gasteiger partial charge in [0.05, 0.1) is 6.20 Å². The minimum Gasteiger partial charge on any atom is -0.481 e. The van der Waals surface area contributed by atoms with E-state index in [2.05, 4.69) is 35.3 Å². The molecule has 0 aliphatic carbocycles. The molecule has 25 heavy (non-hydrogen) atoms. The molecule has 0 fully saturated rings. The lowest BCUT2D eigenvalue weighted by atomic mass is 10.1. The van der Waals surface area contributed by atoms with E-state index in [4.69, 9.17) is 5.11 Å². The van der Waals surface area contributed by atoms with Gasteiger partial charge in [-0.05, 0) is 49.6 Å². The summed E-state index contributed by atoms with van der Waals surface area (Å²) in [5.41, 5.74) is 3.96. The average Bonchev–Trinajstić information content (AvgIpc) is 3.02. The zero-order valence-electron chi connectivity index (χ0n) is 14.4.